The van der Waals surface area contributed by atoms with Crippen LogP contribution >= 0.6 is 11.6 Å². The molecular weight excluding hydrogens is 503 g/mol. The summed E-state index contributed by atoms with van der Waals surface area (Å²) >= 11 is 5.99. The van der Waals surface area contributed by atoms with Crippen molar-refractivity contribution in [1.82, 2.24) is 15.5 Å². The summed E-state index contributed by atoms with van der Waals surface area (Å²) in [5.74, 6) is -0.881. The number of benzene rings is 2. The summed E-state index contributed by atoms with van der Waals surface area (Å²) in [6, 6.07) is 8.01. The zero-order valence-electron chi connectivity index (χ0n) is 19.6. The van der Waals surface area contributed by atoms with E-state index in [4.69, 9.17) is 11.6 Å². The molecule has 0 radical (unpaired) electrons. The minimum absolute atomic E-state index is 0.0254. The zero-order valence-corrected chi connectivity index (χ0v) is 21.2. The summed E-state index contributed by atoms with van der Waals surface area (Å²) in [5.41, 5.74) is -0.634. The number of nitrogens with one attached hydrogen (secondary N) is 2. The second-order valence-corrected chi connectivity index (χ2v) is 11.3. The minimum atomic E-state index is -4.63. The van der Waals surface area contributed by atoms with Gasteiger partial charge < -0.3 is 10.6 Å². The predicted molar refractivity (Wildman–Crippen MR) is 129 cm³/mol. The van der Waals surface area contributed by atoms with E-state index in [2.05, 4.69) is 10.6 Å². The Bertz CT molecular complexity index is 1170. The summed E-state index contributed by atoms with van der Waals surface area (Å²) in [6.45, 7) is 2.79. The van der Waals surface area contributed by atoms with Crippen molar-refractivity contribution in [3.63, 3.8) is 0 Å². The molecule has 1 aliphatic heterocycles. The number of carbonyl (C=O) groups excluding carboxylic acids is 1. The van der Waals surface area contributed by atoms with Crippen LogP contribution in [0.5, 0.6) is 0 Å². The van der Waals surface area contributed by atoms with E-state index in [0.29, 0.717) is 13.1 Å². The number of sulfone groups is 1. The van der Waals surface area contributed by atoms with Crippen molar-refractivity contribution in [2.45, 2.75) is 50.0 Å². The molecule has 1 atom stereocenters. The summed E-state index contributed by atoms with van der Waals surface area (Å²) in [4.78, 5) is 14.7. The largest absolute Gasteiger partial charge is 0.416 e. The maximum atomic E-state index is 13.9. The molecule has 0 bridgehead atoms. The third-order valence-corrected chi connectivity index (χ3v) is 8.23. The number of rotatable bonds is 8. The standard InChI is InChI=1S/C24H29ClF3N3O3S/c1-3-35(33,34)22-9-8-19(25)11-18(22)13-30-23(32)16-6-7-17(21(12-16)24(26,27)28)14-31-10-4-5-20(15-31)29-2/h6-9,11-12,20,29H,3-5,10,13-15H2,1-2H3,(H,30,32)/t20-/m1/s1. The van der Waals surface area contributed by atoms with Gasteiger partial charge in [0, 0.05) is 36.3 Å². The number of carbonyl (C=O) groups is 1. The van der Waals surface area contributed by atoms with Crippen LogP contribution in [0.2, 0.25) is 5.02 Å². The summed E-state index contributed by atoms with van der Waals surface area (Å²) in [7, 11) is -1.74. The molecule has 0 aromatic heterocycles. The molecule has 192 valence electrons. The fraction of sp³-hybridized carbons (Fsp3) is 0.458. The molecule has 35 heavy (non-hydrogen) atoms. The molecule has 0 saturated carbocycles. The van der Waals surface area contributed by atoms with Gasteiger partial charge in [0.15, 0.2) is 9.84 Å². The number of amides is 1. The topological polar surface area (TPSA) is 78.5 Å². The Balaban J connectivity index is 1.81. The van der Waals surface area contributed by atoms with E-state index < -0.39 is 27.5 Å². The Morgan fingerprint density at radius 1 is 1.17 bits per heavy atom. The van der Waals surface area contributed by atoms with Crippen molar-refractivity contribution in [3.05, 3.63) is 63.7 Å². The lowest BCUT2D eigenvalue weighted by Crippen LogP contribution is -2.44. The molecule has 6 nitrogen and oxygen atoms in total. The molecule has 1 aliphatic rings. The highest BCUT2D eigenvalue weighted by Crippen LogP contribution is 2.34. The van der Waals surface area contributed by atoms with Crippen LogP contribution in [0.25, 0.3) is 0 Å². The fourth-order valence-electron chi connectivity index (χ4n) is 4.22. The van der Waals surface area contributed by atoms with Gasteiger partial charge in [-0.2, -0.15) is 13.2 Å². The van der Waals surface area contributed by atoms with Gasteiger partial charge >= 0.3 is 6.18 Å². The lowest BCUT2D eigenvalue weighted by Gasteiger charge is -2.33. The van der Waals surface area contributed by atoms with Crippen LogP contribution in [0, 0.1) is 0 Å². The van der Waals surface area contributed by atoms with E-state index in [1.54, 1.807) is 0 Å². The molecule has 1 fully saturated rings. The molecule has 2 aromatic rings. The number of likely N-dealkylation sites (N-methyl/N-ethyl adjacent to an activating group) is 1. The molecule has 0 spiro atoms. The Kier molecular flexibility index (Phi) is 8.85. The maximum absolute atomic E-state index is 13.9. The molecule has 0 unspecified atom stereocenters. The zero-order chi connectivity index (χ0) is 25.8. The van der Waals surface area contributed by atoms with Gasteiger partial charge in [-0.05, 0) is 67.9 Å². The normalized spacial score (nSPS) is 17.4. The van der Waals surface area contributed by atoms with Crippen LogP contribution < -0.4 is 10.6 Å². The Morgan fingerprint density at radius 2 is 1.91 bits per heavy atom. The van der Waals surface area contributed by atoms with Gasteiger partial charge in [-0.25, -0.2) is 8.42 Å². The van der Waals surface area contributed by atoms with E-state index in [1.165, 1.54) is 37.3 Å². The molecule has 0 aliphatic carbocycles. The van der Waals surface area contributed by atoms with Crippen LogP contribution in [-0.4, -0.2) is 51.2 Å². The number of alkyl halides is 3. The van der Waals surface area contributed by atoms with E-state index in [0.717, 1.165) is 18.9 Å². The Labute approximate surface area is 208 Å². The third kappa shape index (κ3) is 6.97. The molecule has 2 N–H and O–H groups in total. The third-order valence-electron chi connectivity index (χ3n) is 6.16. The Hall–Kier alpha value is -2.14. The SMILES string of the molecule is CCS(=O)(=O)c1ccc(Cl)cc1CNC(=O)c1ccc(CN2CCC[C@@H](NC)C2)c(C(F)(F)F)c1. The van der Waals surface area contributed by atoms with Crippen molar-refractivity contribution >= 4 is 27.3 Å². The van der Waals surface area contributed by atoms with Gasteiger partial charge in [0.25, 0.3) is 5.91 Å². The molecule has 1 amide bonds. The highest BCUT2D eigenvalue weighted by Gasteiger charge is 2.35. The molecular formula is C24H29ClF3N3O3S. The minimum Gasteiger partial charge on any atom is -0.348 e. The van der Waals surface area contributed by atoms with Crippen LogP contribution in [0.3, 0.4) is 0 Å². The number of likely N-dealkylation sites (tertiary alicyclic amines) is 1. The first-order valence-corrected chi connectivity index (χ1v) is 13.4. The van der Waals surface area contributed by atoms with E-state index in [9.17, 15) is 26.4 Å². The van der Waals surface area contributed by atoms with E-state index in [-0.39, 0.29) is 51.5 Å². The van der Waals surface area contributed by atoms with Gasteiger partial charge in [0.2, 0.25) is 0 Å². The van der Waals surface area contributed by atoms with Crippen LogP contribution in [0.1, 0.15) is 46.8 Å². The molecule has 1 heterocycles. The average Bonchev–Trinajstić information content (AvgIpc) is 2.82. The van der Waals surface area contributed by atoms with Gasteiger partial charge in [-0.3, -0.25) is 9.69 Å². The molecule has 2 aromatic carbocycles. The summed E-state index contributed by atoms with van der Waals surface area (Å²) < 4.78 is 66.3. The molecule has 3 rings (SSSR count). The van der Waals surface area contributed by atoms with Gasteiger partial charge in [0.05, 0.1) is 16.2 Å². The number of hydrogen-bond donors (Lipinski definition) is 2. The lowest BCUT2D eigenvalue weighted by atomic mass is 10.00. The van der Waals surface area contributed by atoms with Gasteiger partial charge in [-0.15, -0.1) is 0 Å². The lowest BCUT2D eigenvalue weighted by molar-refractivity contribution is -0.138. The first kappa shape index (κ1) is 27.4. The maximum Gasteiger partial charge on any atom is 0.416 e. The quantitative estimate of drug-likeness (QED) is 0.532. The predicted octanol–water partition coefficient (Wildman–Crippen LogP) is 4.27. The molecule has 1 saturated heterocycles. The van der Waals surface area contributed by atoms with Gasteiger partial charge in [-0.1, -0.05) is 24.6 Å². The van der Waals surface area contributed by atoms with Gasteiger partial charge in [0.1, 0.15) is 0 Å². The van der Waals surface area contributed by atoms with Crippen molar-refractivity contribution in [1.29, 1.82) is 0 Å². The number of hydrogen-bond acceptors (Lipinski definition) is 5. The monoisotopic (exact) mass is 531 g/mol. The fourth-order valence-corrected chi connectivity index (χ4v) is 5.53. The average molecular weight is 532 g/mol. The molecule has 11 heteroatoms. The first-order chi connectivity index (χ1) is 16.4. The highest BCUT2D eigenvalue weighted by molar-refractivity contribution is 7.91. The van der Waals surface area contributed by atoms with E-state index >= 15 is 0 Å². The van der Waals surface area contributed by atoms with E-state index in [1.807, 2.05) is 11.9 Å². The number of nitrogens with zero attached hydrogens (tertiary/aromatic N) is 1. The Morgan fingerprint density at radius 3 is 2.57 bits per heavy atom. The summed E-state index contributed by atoms with van der Waals surface area (Å²) in [6.07, 6.45) is -2.75. The van der Waals surface area contributed by atoms with Crippen molar-refractivity contribution in [2.75, 3.05) is 25.9 Å². The number of halogens is 4. The highest BCUT2D eigenvalue weighted by atomic mass is 35.5. The van der Waals surface area contributed by atoms with Crippen LogP contribution in [0.15, 0.2) is 41.3 Å². The van der Waals surface area contributed by atoms with Crippen molar-refractivity contribution in [3.8, 4) is 0 Å². The second kappa shape index (κ2) is 11.3. The van der Waals surface area contributed by atoms with Crippen LogP contribution in [-0.2, 0) is 29.1 Å². The number of piperidine rings is 1. The van der Waals surface area contributed by atoms with Crippen molar-refractivity contribution in [2.24, 2.45) is 0 Å². The second-order valence-electron chi connectivity index (χ2n) is 8.57. The first-order valence-electron chi connectivity index (χ1n) is 11.3. The van der Waals surface area contributed by atoms with Crippen LogP contribution in [0.4, 0.5) is 13.2 Å². The smallest absolute Gasteiger partial charge is 0.348 e. The summed E-state index contributed by atoms with van der Waals surface area (Å²) in [5, 5.41) is 5.98. The van der Waals surface area contributed by atoms with Crippen molar-refractivity contribution < 1.29 is 26.4 Å².